The Morgan fingerprint density at radius 1 is 1.00 bits per heavy atom. The highest BCUT2D eigenvalue weighted by atomic mass is 19.1. The van der Waals surface area contributed by atoms with Crippen molar-refractivity contribution in [3.05, 3.63) is 35.6 Å². The van der Waals surface area contributed by atoms with Gasteiger partial charge in [0.05, 0.1) is 11.0 Å². The lowest BCUT2D eigenvalue weighted by Crippen LogP contribution is -2.58. The number of carbonyl (C=O) groups is 2. The number of alkyl carbamates (subject to hydrolysis) is 1. The second kappa shape index (κ2) is 10.2. The molecule has 0 atom stereocenters. The Balaban J connectivity index is 1.77. The molecule has 1 saturated heterocycles. The number of amides is 2. The smallest absolute Gasteiger partial charge is 0.408 e. The fourth-order valence-electron chi connectivity index (χ4n) is 4.83. The molecule has 1 heterocycles. The van der Waals surface area contributed by atoms with Crippen molar-refractivity contribution in [2.45, 2.75) is 88.7 Å². The lowest BCUT2D eigenvalue weighted by molar-refractivity contribution is -0.130. The van der Waals surface area contributed by atoms with Crippen LogP contribution in [0.5, 0.6) is 0 Å². The van der Waals surface area contributed by atoms with Gasteiger partial charge in [-0.25, -0.2) is 9.18 Å². The number of halogens is 1. The highest BCUT2D eigenvalue weighted by Gasteiger charge is 2.43. The van der Waals surface area contributed by atoms with Gasteiger partial charge in [0.15, 0.2) is 0 Å². The van der Waals surface area contributed by atoms with Crippen molar-refractivity contribution >= 4 is 12.0 Å². The van der Waals surface area contributed by atoms with E-state index < -0.39 is 22.6 Å². The van der Waals surface area contributed by atoms with E-state index in [0.29, 0.717) is 32.6 Å². The molecule has 2 N–H and O–H groups in total. The SMILES string of the molecule is CC(C)(C)OC(=O)NC1(CNC(=O)C2(c3ccc(F)cc3)CCOCC2)CCCCCC1. The quantitative estimate of drug-likeness (QED) is 0.645. The minimum atomic E-state index is -0.760. The maximum atomic E-state index is 13.6. The van der Waals surface area contributed by atoms with Crippen LogP contribution in [0.2, 0.25) is 0 Å². The molecule has 2 amide bonds. The summed E-state index contributed by atoms with van der Waals surface area (Å²) in [5, 5.41) is 6.25. The number of ether oxygens (including phenoxy) is 2. The van der Waals surface area contributed by atoms with Gasteiger partial charge in [0.2, 0.25) is 5.91 Å². The van der Waals surface area contributed by atoms with Crippen molar-refractivity contribution in [2.24, 2.45) is 0 Å². The Labute approximate surface area is 190 Å². The van der Waals surface area contributed by atoms with Gasteiger partial charge < -0.3 is 20.1 Å². The normalized spacial score (nSPS) is 20.6. The van der Waals surface area contributed by atoms with E-state index >= 15 is 0 Å². The molecule has 178 valence electrons. The molecule has 0 bridgehead atoms. The van der Waals surface area contributed by atoms with Crippen LogP contribution in [0.1, 0.15) is 77.7 Å². The lowest BCUT2D eigenvalue weighted by Gasteiger charge is -2.39. The number of carbonyl (C=O) groups excluding carboxylic acids is 2. The standard InChI is InChI=1S/C25H37FN2O4/c1-23(2,3)32-22(30)28-24(12-6-4-5-7-13-24)18-27-21(29)25(14-16-31-17-15-25)19-8-10-20(26)11-9-19/h8-11H,4-7,12-18H2,1-3H3,(H,27,29)(H,28,30). The molecule has 7 heteroatoms. The number of nitrogens with one attached hydrogen (secondary N) is 2. The molecule has 3 rings (SSSR count). The van der Waals surface area contributed by atoms with Crippen LogP contribution in [0, 0.1) is 5.82 Å². The minimum absolute atomic E-state index is 0.0954. The summed E-state index contributed by atoms with van der Waals surface area (Å²) in [6, 6.07) is 6.19. The van der Waals surface area contributed by atoms with Crippen molar-refractivity contribution in [3.63, 3.8) is 0 Å². The van der Waals surface area contributed by atoms with E-state index in [1.165, 1.54) is 12.1 Å². The molecule has 0 spiro atoms. The fourth-order valence-corrected chi connectivity index (χ4v) is 4.83. The van der Waals surface area contributed by atoms with Crippen LogP contribution >= 0.6 is 0 Å². The monoisotopic (exact) mass is 448 g/mol. The molecular formula is C25H37FN2O4. The van der Waals surface area contributed by atoms with E-state index in [9.17, 15) is 14.0 Å². The molecule has 1 aromatic rings. The predicted molar refractivity (Wildman–Crippen MR) is 121 cm³/mol. The Bertz CT molecular complexity index is 774. The van der Waals surface area contributed by atoms with E-state index in [4.69, 9.17) is 9.47 Å². The third-order valence-corrected chi connectivity index (χ3v) is 6.59. The van der Waals surface area contributed by atoms with E-state index in [1.807, 2.05) is 20.8 Å². The Hall–Kier alpha value is -2.15. The highest BCUT2D eigenvalue weighted by molar-refractivity contribution is 5.88. The molecular weight excluding hydrogens is 411 g/mol. The van der Waals surface area contributed by atoms with Gasteiger partial charge >= 0.3 is 6.09 Å². The average molecular weight is 449 g/mol. The molecule has 32 heavy (non-hydrogen) atoms. The van der Waals surface area contributed by atoms with Crippen LogP contribution < -0.4 is 10.6 Å². The molecule has 1 aliphatic carbocycles. The second-order valence-corrected chi connectivity index (χ2v) is 10.2. The van der Waals surface area contributed by atoms with Crippen LogP contribution in [-0.2, 0) is 19.7 Å². The average Bonchev–Trinajstić information content (AvgIpc) is 2.97. The maximum absolute atomic E-state index is 13.6. The number of rotatable bonds is 5. The molecule has 6 nitrogen and oxygen atoms in total. The Morgan fingerprint density at radius 2 is 1.59 bits per heavy atom. The molecule has 1 saturated carbocycles. The third kappa shape index (κ3) is 6.21. The largest absolute Gasteiger partial charge is 0.444 e. The van der Waals surface area contributed by atoms with Gasteiger partial charge in [0, 0.05) is 19.8 Å². The first-order valence-corrected chi connectivity index (χ1v) is 11.8. The summed E-state index contributed by atoms with van der Waals surface area (Å²) >= 11 is 0. The summed E-state index contributed by atoms with van der Waals surface area (Å²) in [7, 11) is 0. The Kier molecular flexibility index (Phi) is 7.80. The van der Waals surface area contributed by atoms with Gasteiger partial charge in [-0.1, -0.05) is 37.8 Å². The zero-order valence-corrected chi connectivity index (χ0v) is 19.6. The van der Waals surface area contributed by atoms with Crippen molar-refractivity contribution in [2.75, 3.05) is 19.8 Å². The molecule has 1 aromatic carbocycles. The first-order valence-electron chi connectivity index (χ1n) is 11.8. The minimum Gasteiger partial charge on any atom is -0.444 e. The summed E-state index contributed by atoms with van der Waals surface area (Å²) in [5.41, 5.74) is -1.09. The van der Waals surface area contributed by atoms with Gasteiger partial charge in [-0.3, -0.25) is 4.79 Å². The first kappa shape index (κ1) is 24.5. The van der Waals surface area contributed by atoms with Crippen molar-refractivity contribution in [1.29, 1.82) is 0 Å². The van der Waals surface area contributed by atoms with E-state index in [0.717, 1.165) is 44.1 Å². The molecule has 1 aliphatic heterocycles. The van der Waals surface area contributed by atoms with Crippen LogP contribution in [0.25, 0.3) is 0 Å². The molecule has 0 aromatic heterocycles. The van der Waals surface area contributed by atoms with Crippen molar-refractivity contribution in [1.82, 2.24) is 10.6 Å². The molecule has 2 aliphatic rings. The number of hydrogen-bond acceptors (Lipinski definition) is 4. The van der Waals surface area contributed by atoms with Crippen LogP contribution in [0.15, 0.2) is 24.3 Å². The number of benzene rings is 1. The van der Waals surface area contributed by atoms with Crippen LogP contribution in [0.4, 0.5) is 9.18 Å². The molecule has 0 unspecified atom stereocenters. The molecule has 0 radical (unpaired) electrons. The van der Waals surface area contributed by atoms with Crippen molar-refractivity contribution in [3.8, 4) is 0 Å². The zero-order chi connectivity index (χ0) is 23.2. The highest BCUT2D eigenvalue weighted by Crippen LogP contribution is 2.36. The first-order chi connectivity index (χ1) is 15.1. The van der Waals surface area contributed by atoms with Gasteiger partial charge in [0.1, 0.15) is 11.4 Å². The van der Waals surface area contributed by atoms with Crippen LogP contribution in [-0.4, -0.2) is 42.9 Å². The van der Waals surface area contributed by atoms with E-state index in [2.05, 4.69) is 10.6 Å². The van der Waals surface area contributed by atoms with Gasteiger partial charge in [-0.15, -0.1) is 0 Å². The zero-order valence-electron chi connectivity index (χ0n) is 19.6. The van der Waals surface area contributed by atoms with Gasteiger partial charge in [0.25, 0.3) is 0 Å². The summed E-state index contributed by atoms with van der Waals surface area (Å²) in [4.78, 5) is 26.2. The number of hydrogen-bond donors (Lipinski definition) is 2. The molecule has 2 fully saturated rings. The fraction of sp³-hybridized carbons (Fsp3) is 0.680. The summed E-state index contributed by atoms with van der Waals surface area (Å²) in [6.45, 7) is 6.82. The van der Waals surface area contributed by atoms with E-state index in [-0.39, 0.29) is 11.7 Å². The summed E-state index contributed by atoms with van der Waals surface area (Å²) < 4.78 is 24.6. The summed E-state index contributed by atoms with van der Waals surface area (Å²) in [6.07, 6.45) is 6.41. The topological polar surface area (TPSA) is 76.7 Å². The Morgan fingerprint density at radius 3 is 2.16 bits per heavy atom. The van der Waals surface area contributed by atoms with Gasteiger partial charge in [-0.2, -0.15) is 0 Å². The maximum Gasteiger partial charge on any atom is 0.408 e. The third-order valence-electron chi connectivity index (χ3n) is 6.59. The lowest BCUT2D eigenvalue weighted by atomic mass is 9.73. The van der Waals surface area contributed by atoms with E-state index in [1.54, 1.807) is 12.1 Å². The van der Waals surface area contributed by atoms with Crippen LogP contribution in [0.3, 0.4) is 0 Å². The van der Waals surface area contributed by atoms with Gasteiger partial charge in [-0.05, 0) is 64.2 Å². The van der Waals surface area contributed by atoms with Crippen molar-refractivity contribution < 1.29 is 23.5 Å². The summed E-state index contributed by atoms with van der Waals surface area (Å²) in [5.74, 6) is -0.419. The predicted octanol–water partition coefficient (Wildman–Crippen LogP) is 4.61. The second-order valence-electron chi connectivity index (χ2n) is 10.2.